The van der Waals surface area contributed by atoms with Crippen LogP contribution in [0.5, 0.6) is 0 Å². The normalized spacial score (nSPS) is 13.8. The average molecular weight is 436 g/mol. The van der Waals surface area contributed by atoms with Gasteiger partial charge in [-0.05, 0) is 73.1 Å². The van der Waals surface area contributed by atoms with Crippen LogP contribution < -0.4 is 0 Å². The average Bonchev–Trinajstić information content (AvgIpc) is 2.64. The number of carbonyl (C=O) groups excluding carboxylic acids is 1. The van der Waals surface area contributed by atoms with Crippen molar-refractivity contribution in [3.63, 3.8) is 0 Å². The first kappa shape index (κ1) is 28.2. The molecular formula is C25H41NO3S. The van der Waals surface area contributed by atoms with Crippen molar-refractivity contribution in [1.82, 2.24) is 4.90 Å². The van der Waals surface area contributed by atoms with E-state index in [0.29, 0.717) is 6.54 Å². The topological polar surface area (TPSA) is 57.6 Å². The van der Waals surface area contributed by atoms with Crippen molar-refractivity contribution in [2.45, 2.75) is 86.1 Å². The Labute approximate surface area is 189 Å². The molecule has 0 aromatic rings. The highest BCUT2D eigenvalue weighted by atomic mass is 32.1. The minimum absolute atomic E-state index is 0.104. The number of carboxylic acid groups (broad SMARTS) is 1. The molecule has 0 aromatic carbocycles. The van der Waals surface area contributed by atoms with E-state index < -0.39 is 12.0 Å². The Morgan fingerprint density at radius 3 is 1.60 bits per heavy atom. The van der Waals surface area contributed by atoms with Gasteiger partial charge in [0, 0.05) is 19.2 Å². The first-order chi connectivity index (χ1) is 14.1. The Bertz CT molecular complexity index is 670. The molecule has 0 heterocycles. The van der Waals surface area contributed by atoms with Crippen LogP contribution in [0.4, 0.5) is 0 Å². The Morgan fingerprint density at radius 2 is 1.23 bits per heavy atom. The monoisotopic (exact) mass is 435 g/mol. The van der Waals surface area contributed by atoms with Crippen LogP contribution in [0.1, 0.15) is 80.1 Å². The van der Waals surface area contributed by atoms with E-state index in [0.717, 1.165) is 44.1 Å². The van der Waals surface area contributed by atoms with Crippen molar-refractivity contribution in [2.75, 3.05) is 12.3 Å². The number of thiol groups is 1. The summed E-state index contributed by atoms with van der Waals surface area (Å²) in [4.78, 5) is 24.4. The van der Waals surface area contributed by atoms with Gasteiger partial charge in [0.2, 0.25) is 5.91 Å². The van der Waals surface area contributed by atoms with Crippen LogP contribution in [0.15, 0.2) is 46.6 Å². The molecule has 0 saturated carbocycles. The predicted octanol–water partition coefficient (Wildman–Crippen LogP) is 6.36. The maximum absolute atomic E-state index is 11.8. The first-order valence-corrected chi connectivity index (χ1v) is 11.4. The zero-order valence-corrected chi connectivity index (χ0v) is 20.6. The third-order valence-corrected chi connectivity index (χ3v) is 5.38. The Kier molecular flexibility index (Phi) is 15.1. The zero-order chi connectivity index (χ0) is 23.1. The number of allylic oxidation sites excluding steroid dienone is 7. The lowest BCUT2D eigenvalue weighted by Crippen LogP contribution is -2.45. The third kappa shape index (κ3) is 13.5. The van der Waals surface area contributed by atoms with Crippen LogP contribution in [0.2, 0.25) is 0 Å². The molecule has 0 spiro atoms. The number of carboxylic acids is 1. The van der Waals surface area contributed by atoms with Crippen molar-refractivity contribution < 1.29 is 14.7 Å². The quantitative estimate of drug-likeness (QED) is 0.246. The largest absolute Gasteiger partial charge is 0.480 e. The van der Waals surface area contributed by atoms with Gasteiger partial charge in [0.15, 0.2) is 0 Å². The minimum Gasteiger partial charge on any atom is -0.480 e. The summed E-state index contributed by atoms with van der Waals surface area (Å²) in [5.74, 6) is -1.17. The van der Waals surface area contributed by atoms with Gasteiger partial charge >= 0.3 is 5.97 Å². The number of rotatable bonds is 14. The lowest BCUT2D eigenvalue weighted by atomic mass is 10.0. The van der Waals surface area contributed by atoms with Gasteiger partial charge in [0.05, 0.1) is 0 Å². The van der Waals surface area contributed by atoms with Gasteiger partial charge in [0.25, 0.3) is 0 Å². The van der Waals surface area contributed by atoms with Gasteiger partial charge in [-0.25, -0.2) is 4.79 Å². The number of carbonyl (C=O) groups is 2. The van der Waals surface area contributed by atoms with Crippen molar-refractivity contribution in [1.29, 1.82) is 0 Å². The summed E-state index contributed by atoms with van der Waals surface area (Å²) >= 11 is 4.07. The molecule has 0 aliphatic heterocycles. The molecule has 4 nitrogen and oxygen atoms in total. The molecule has 5 heteroatoms. The van der Waals surface area contributed by atoms with E-state index in [-0.39, 0.29) is 11.7 Å². The maximum atomic E-state index is 11.8. The SMILES string of the molecule is CC(=O)N(C/C=C(\C)CC/C=C(\C)CC/C=C(\C)CCC=C(C)C)[C@@H](CS)C(=O)O. The molecule has 0 saturated heterocycles. The molecule has 1 amide bonds. The molecule has 1 atom stereocenters. The fraction of sp³-hybridized carbons (Fsp3) is 0.600. The van der Waals surface area contributed by atoms with Crippen LogP contribution in [0, 0.1) is 0 Å². The highest BCUT2D eigenvalue weighted by Gasteiger charge is 2.25. The second-order valence-electron chi connectivity index (χ2n) is 8.26. The molecule has 0 bridgehead atoms. The van der Waals surface area contributed by atoms with E-state index in [1.807, 2.05) is 13.0 Å². The molecule has 1 N–H and O–H groups in total. The molecule has 0 fully saturated rings. The summed E-state index contributed by atoms with van der Waals surface area (Å²) < 4.78 is 0. The van der Waals surface area contributed by atoms with E-state index in [4.69, 9.17) is 0 Å². The first-order valence-electron chi connectivity index (χ1n) is 10.8. The highest BCUT2D eigenvalue weighted by molar-refractivity contribution is 7.80. The minimum atomic E-state index is -1.02. The fourth-order valence-corrected chi connectivity index (χ4v) is 3.38. The highest BCUT2D eigenvalue weighted by Crippen LogP contribution is 2.14. The molecule has 0 aliphatic carbocycles. The lowest BCUT2D eigenvalue weighted by Gasteiger charge is -2.25. The second-order valence-corrected chi connectivity index (χ2v) is 8.62. The lowest BCUT2D eigenvalue weighted by molar-refractivity contribution is -0.147. The smallest absolute Gasteiger partial charge is 0.327 e. The molecule has 0 radical (unpaired) electrons. The van der Waals surface area contributed by atoms with Gasteiger partial charge < -0.3 is 10.0 Å². The second kappa shape index (κ2) is 16.0. The third-order valence-electron chi connectivity index (χ3n) is 5.03. The molecular weight excluding hydrogens is 394 g/mol. The molecule has 0 rings (SSSR count). The van der Waals surface area contributed by atoms with Gasteiger partial charge in [-0.1, -0.05) is 46.6 Å². The summed E-state index contributed by atoms with van der Waals surface area (Å²) in [5.41, 5.74) is 5.38. The summed E-state index contributed by atoms with van der Waals surface area (Å²) in [7, 11) is 0. The van der Waals surface area contributed by atoms with E-state index in [1.165, 1.54) is 28.5 Å². The standard InChI is InChI=1S/C25H41NO3S/c1-19(2)10-7-11-20(3)12-8-13-21(4)14-9-15-22(5)16-17-26(23(6)27)24(18-30)25(28)29/h10,12,14,16,24,30H,7-9,11,13,15,17-18H2,1-6H3,(H,28,29)/b20-12+,21-14+,22-16+/t24-/m0/s1. The zero-order valence-electron chi connectivity index (χ0n) is 19.7. The van der Waals surface area contributed by atoms with Gasteiger partial charge in [-0.15, -0.1) is 0 Å². The van der Waals surface area contributed by atoms with E-state index in [1.54, 1.807) is 0 Å². The van der Waals surface area contributed by atoms with Crippen molar-refractivity contribution in [3.8, 4) is 0 Å². The van der Waals surface area contributed by atoms with Gasteiger partial charge in [-0.3, -0.25) is 4.79 Å². The number of nitrogens with zero attached hydrogens (tertiary/aromatic N) is 1. The fourth-order valence-electron chi connectivity index (χ4n) is 3.03. The Morgan fingerprint density at radius 1 is 0.800 bits per heavy atom. The van der Waals surface area contributed by atoms with Crippen molar-refractivity contribution >= 4 is 24.5 Å². The molecule has 170 valence electrons. The Hall–Kier alpha value is -1.75. The van der Waals surface area contributed by atoms with Crippen LogP contribution >= 0.6 is 12.6 Å². The number of hydrogen-bond donors (Lipinski definition) is 2. The summed E-state index contributed by atoms with van der Waals surface area (Å²) in [6, 6.07) is -0.893. The number of amides is 1. The maximum Gasteiger partial charge on any atom is 0.327 e. The molecule has 30 heavy (non-hydrogen) atoms. The molecule has 0 unspecified atom stereocenters. The molecule has 0 aliphatic rings. The summed E-state index contributed by atoms with van der Waals surface area (Å²) in [6.07, 6.45) is 15.1. The Balaban J connectivity index is 4.46. The van der Waals surface area contributed by atoms with Crippen molar-refractivity contribution in [2.24, 2.45) is 0 Å². The van der Waals surface area contributed by atoms with Crippen LogP contribution in [-0.4, -0.2) is 40.2 Å². The van der Waals surface area contributed by atoms with E-state index in [2.05, 4.69) is 58.6 Å². The molecule has 0 aromatic heterocycles. The van der Waals surface area contributed by atoms with Crippen LogP contribution in [0.3, 0.4) is 0 Å². The number of hydrogen-bond acceptors (Lipinski definition) is 3. The van der Waals surface area contributed by atoms with Gasteiger partial charge in [-0.2, -0.15) is 12.6 Å². The van der Waals surface area contributed by atoms with Gasteiger partial charge in [0.1, 0.15) is 6.04 Å². The van der Waals surface area contributed by atoms with Crippen LogP contribution in [-0.2, 0) is 9.59 Å². The van der Waals surface area contributed by atoms with Crippen LogP contribution in [0.25, 0.3) is 0 Å². The van der Waals surface area contributed by atoms with E-state index >= 15 is 0 Å². The number of aliphatic carboxylic acids is 1. The van der Waals surface area contributed by atoms with E-state index in [9.17, 15) is 14.7 Å². The summed E-state index contributed by atoms with van der Waals surface area (Å²) in [6.45, 7) is 12.4. The predicted molar refractivity (Wildman–Crippen MR) is 131 cm³/mol. The summed E-state index contributed by atoms with van der Waals surface area (Å²) in [5, 5.41) is 9.25. The van der Waals surface area contributed by atoms with Crippen molar-refractivity contribution in [3.05, 3.63) is 46.6 Å².